The first-order valence-corrected chi connectivity index (χ1v) is 7.57. The van der Waals surface area contributed by atoms with E-state index >= 15 is 0 Å². The molecule has 1 saturated carbocycles. The van der Waals surface area contributed by atoms with Crippen molar-refractivity contribution < 1.29 is 0 Å². The van der Waals surface area contributed by atoms with Gasteiger partial charge in [0.15, 0.2) is 0 Å². The monoisotopic (exact) mass is 245 g/mol. The average molecular weight is 245 g/mol. The summed E-state index contributed by atoms with van der Waals surface area (Å²) in [6.45, 7) is 6.98. The van der Waals surface area contributed by atoms with Crippen LogP contribution in [0.2, 0.25) is 0 Å². The Balaban J connectivity index is 2.11. The highest BCUT2D eigenvalue weighted by Crippen LogP contribution is 2.35. The van der Waals surface area contributed by atoms with Crippen LogP contribution in [0.3, 0.4) is 0 Å². The Kier molecular flexibility index (Phi) is 4.82. The van der Waals surface area contributed by atoms with Gasteiger partial charge in [-0.25, -0.2) is 0 Å². The van der Waals surface area contributed by atoms with Crippen molar-refractivity contribution in [3.63, 3.8) is 0 Å². The fourth-order valence-corrected chi connectivity index (χ4v) is 2.94. The molecule has 1 aliphatic rings. The lowest BCUT2D eigenvalue weighted by molar-refractivity contribution is 0.303. The van der Waals surface area contributed by atoms with Gasteiger partial charge >= 0.3 is 0 Å². The normalized spacial score (nSPS) is 18.9. The molecule has 18 heavy (non-hydrogen) atoms. The van der Waals surface area contributed by atoms with E-state index in [1.165, 1.54) is 31.2 Å². The Morgan fingerprint density at radius 3 is 2.22 bits per heavy atom. The summed E-state index contributed by atoms with van der Waals surface area (Å²) in [5.74, 6) is 1.67. The van der Waals surface area contributed by atoms with Gasteiger partial charge in [0, 0.05) is 12.1 Å². The van der Waals surface area contributed by atoms with Gasteiger partial charge in [0.05, 0.1) is 0 Å². The molecule has 1 N–H and O–H groups in total. The first kappa shape index (κ1) is 13.6. The summed E-state index contributed by atoms with van der Waals surface area (Å²) < 4.78 is 0. The molecule has 1 aromatic carbocycles. The lowest BCUT2D eigenvalue weighted by Crippen LogP contribution is -2.36. The van der Waals surface area contributed by atoms with Crippen molar-refractivity contribution in [2.75, 3.05) is 0 Å². The molecule has 1 aliphatic carbocycles. The third-order valence-corrected chi connectivity index (χ3v) is 4.45. The quantitative estimate of drug-likeness (QED) is 0.743. The maximum Gasteiger partial charge on any atom is 0.0350 e. The summed E-state index contributed by atoms with van der Waals surface area (Å²) in [6, 6.07) is 12.2. The molecular formula is C17H27N. The molecule has 0 heterocycles. The molecule has 0 bridgehead atoms. The zero-order chi connectivity index (χ0) is 13.0. The zero-order valence-corrected chi connectivity index (χ0v) is 12.0. The first-order chi connectivity index (χ1) is 8.76. The van der Waals surface area contributed by atoms with Gasteiger partial charge in [-0.15, -0.1) is 0 Å². The highest BCUT2D eigenvalue weighted by Gasteiger charge is 2.31. The molecule has 0 amide bonds. The first-order valence-electron chi connectivity index (χ1n) is 7.57. The molecule has 1 aromatic rings. The highest BCUT2D eigenvalue weighted by atomic mass is 15.0. The lowest BCUT2D eigenvalue weighted by Gasteiger charge is -2.30. The summed E-state index contributed by atoms with van der Waals surface area (Å²) in [7, 11) is 0. The average Bonchev–Trinajstić information content (AvgIpc) is 3.24. The second-order valence-corrected chi connectivity index (χ2v) is 5.76. The van der Waals surface area contributed by atoms with Crippen LogP contribution >= 0.6 is 0 Å². The van der Waals surface area contributed by atoms with Gasteiger partial charge in [-0.2, -0.15) is 0 Å². The summed E-state index contributed by atoms with van der Waals surface area (Å²) in [5.41, 5.74) is 1.46. The van der Waals surface area contributed by atoms with Crippen LogP contribution in [0.5, 0.6) is 0 Å². The molecule has 100 valence electrons. The van der Waals surface area contributed by atoms with Gasteiger partial charge in [0.1, 0.15) is 0 Å². The maximum atomic E-state index is 3.90. The van der Waals surface area contributed by atoms with Gasteiger partial charge in [-0.1, -0.05) is 57.0 Å². The summed E-state index contributed by atoms with van der Waals surface area (Å²) in [6.07, 6.45) is 5.33. The second-order valence-electron chi connectivity index (χ2n) is 5.76. The fraction of sp³-hybridized carbons (Fsp3) is 0.647. The smallest absolute Gasteiger partial charge is 0.0350 e. The van der Waals surface area contributed by atoms with Crippen LogP contribution < -0.4 is 5.32 Å². The summed E-state index contributed by atoms with van der Waals surface area (Å²) in [5, 5.41) is 3.90. The molecule has 1 heteroatoms. The number of rotatable bonds is 7. The van der Waals surface area contributed by atoms with Crippen LogP contribution in [0.4, 0.5) is 0 Å². The topological polar surface area (TPSA) is 12.0 Å². The number of hydrogen-bond donors (Lipinski definition) is 1. The lowest BCUT2D eigenvalue weighted by atomic mass is 9.88. The van der Waals surface area contributed by atoms with Crippen LogP contribution in [0.25, 0.3) is 0 Å². The van der Waals surface area contributed by atoms with Crippen molar-refractivity contribution in [1.29, 1.82) is 0 Å². The van der Waals surface area contributed by atoms with Crippen LogP contribution in [-0.2, 0) is 0 Å². The van der Waals surface area contributed by atoms with E-state index in [1.807, 2.05) is 0 Å². The van der Waals surface area contributed by atoms with Gasteiger partial charge in [-0.05, 0) is 37.2 Å². The van der Waals surface area contributed by atoms with E-state index < -0.39 is 0 Å². The molecule has 2 atom stereocenters. The van der Waals surface area contributed by atoms with E-state index in [-0.39, 0.29) is 0 Å². The second kappa shape index (κ2) is 6.38. The van der Waals surface area contributed by atoms with Gasteiger partial charge in [-0.3, -0.25) is 0 Å². The molecule has 2 rings (SSSR count). The van der Waals surface area contributed by atoms with Gasteiger partial charge < -0.3 is 5.32 Å². The van der Waals surface area contributed by atoms with E-state index in [1.54, 1.807) is 0 Å². The van der Waals surface area contributed by atoms with Gasteiger partial charge in [0.2, 0.25) is 0 Å². The van der Waals surface area contributed by atoms with E-state index in [9.17, 15) is 0 Å². The van der Waals surface area contributed by atoms with Crippen LogP contribution in [0.15, 0.2) is 30.3 Å². The van der Waals surface area contributed by atoms with Crippen molar-refractivity contribution in [3.05, 3.63) is 35.9 Å². The molecule has 0 aromatic heterocycles. The van der Waals surface area contributed by atoms with Crippen molar-refractivity contribution >= 4 is 0 Å². The molecule has 2 unspecified atom stereocenters. The molecule has 0 spiro atoms. The molecule has 0 saturated heterocycles. The zero-order valence-electron chi connectivity index (χ0n) is 12.0. The Morgan fingerprint density at radius 2 is 1.72 bits per heavy atom. The number of nitrogens with one attached hydrogen (secondary N) is 1. The highest BCUT2D eigenvalue weighted by molar-refractivity contribution is 5.20. The van der Waals surface area contributed by atoms with Crippen molar-refractivity contribution in [2.45, 2.75) is 58.5 Å². The predicted octanol–water partition coefficient (Wildman–Crippen LogP) is 4.55. The summed E-state index contributed by atoms with van der Waals surface area (Å²) >= 11 is 0. The largest absolute Gasteiger partial charge is 0.307 e. The van der Waals surface area contributed by atoms with Crippen LogP contribution in [0, 0.1) is 11.8 Å². The third-order valence-electron chi connectivity index (χ3n) is 4.45. The van der Waals surface area contributed by atoms with E-state index in [0.717, 1.165) is 11.8 Å². The minimum absolute atomic E-state index is 0.525. The van der Waals surface area contributed by atoms with Crippen LogP contribution in [-0.4, -0.2) is 6.04 Å². The SMILES string of the molecule is CCC(CC)C(NC(C)C1CC1)c1ccccc1. The van der Waals surface area contributed by atoms with Crippen molar-refractivity contribution in [2.24, 2.45) is 11.8 Å². The van der Waals surface area contributed by atoms with Crippen molar-refractivity contribution in [1.82, 2.24) is 5.32 Å². The summed E-state index contributed by atoms with van der Waals surface area (Å²) in [4.78, 5) is 0. The fourth-order valence-electron chi connectivity index (χ4n) is 2.94. The minimum Gasteiger partial charge on any atom is -0.307 e. The Morgan fingerprint density at radius 1 is 1.11 bits per heavy atom. The standard InChI is InChI=1S/C17H27N/c1-4-14(5-2)17(16-9-7-6-8-10-16)18-13(3)15-11-12-15/h6-10,13-15,17-18H,4-5,11-12H2,1-3H3. The Bertz CT molecular complexity index is 338. The number of hydrogen-bond acceptors (Lipinski definition) is 1. The van der Waals surface area contributed by atoms with E-state index in [2.05, 4.69) is 56.4 Å². The van der Waals surface area contributed by atoms with Crippen molar-refractivity contribution in [3.8, 4) is 0 Å². The molecule has 0 radical (unpaired) electrons. The van der Waals surface area contributed by atoms with Crippen LogP contribution in [0.1, 0.15) is 58.1 Å². The predicted molar refractivity (Wildman–Crippen MR) is 78.6 cm³/mol. The minimum atomic E-state index is 0.525. The molecular weight excluding hydrogens is 218 g/mol. The maximum absolute atomic E-state index is 3.90. The van der Waals surface area contributed by atoms with Gasteiger partial charge in [0.25, 0.3) is 0 Å². The molecule has 1 nitrogen and oxygen atoms in total. The Labute approximate surface area is 112 Å². The number of benzene rings is 1. The van der Waals surface area contributed by atoms with E-state index in [4.69, 9.17) is 0 Å². The van der Waals surface area contributed by atoms with E-state index in [0.29, 0.717) is 12.1 Å². The molecule has 1 fully saturated rings. The third kappa shape index (κ3) is 3.35. The Hall–Kier alpha value is -0.820. The molecule has 0 aliphatic heterocycles.